The zero-order chi connectivity index (χ0) is 20.1. The highest BCUT2D eigenvalue weighted by Crippen LogP contribution is 2.26. The van der Waals surface area contributed by atoms with E-state index in [0.29, 0.717) is 29.1 Å². The number of hydrogen-bond donors (Lipinski definition) is 2. The molecule has 0 aliphatic rings. The van der Waals surface area contributed by atoms with Crippen LogP contribution in [-0.4, -0.2) is 20.7 Å². The summed E-state index contributed by atoms with van der Waals surface area (Å²) in [6.07, 6.45) is 0. The second kappa shape index (κ2) is 11.1. The van der Waals surface area contributed by atoms with Gasteiger partial charge in [-0.1, -0.05) is 35.3 Å². The van der Waals surface area contributed by atoms with Gasteiger partial charge in [0.2, 0.25) is 0 Å². The normalized spacial score (nSPS) is 12.4. The third kappa shape index (κ3) is 6.56. The molecule has 3 rings (SSSR count). The number of thiophene rings is 1. The molecule has 2 N–H and O–H groups in total. The number of rotatable bonds is 6. The highest BCUT2D eigenvalue weighted by molar-refractivity contribution is 14.0. The Hall–Kier alpha value is -1.36. The molecule has 0 saturated heterocycles. The fourth-order valence-electron chi connectivity index (χ4n) is 2.61. The lowest BCUT2D eigenvalue weighted by atomic mass is 10.1. The van der Waals surface area contributed by atoms with E-state index in [1.165, 1.54) is 4.88 Å². The van der Waals surface area contributed by atoms with E-state index in [1.54, 1.807) is 17.4 Å². The van der Waals surface area contributed by atoms with Crippen LogP contribution in [0.15, 0.2) is 40.7 Å². The number of aliphatic imine (C=N–C) groups is 1. The topological polar surface area (TPSA) is 67.1 Å². The summed E-state index contributed by atoms with van der Waals surface area (Å²) in [5.41, 5.74) is 0.950. The molecule has 10 heteroatoms. The molecule has 0 fully saturated rings. The minimum Gasteiger partial charge on any atom is -0.351 e. The smallest absolute Gasteiger partial charge is 0.192 e. The molecule has 0 saturated carbocycles. The molecule has 0 aliphatic heterocycles. The molecule has 3 aromatic rings. The predicted molar refractivity (Wildman–Crippen MR) is 131 cm³/mol. The van der Waals surface area contributed by atoms with Crippen LogP contribution in [0.4, 0.5) is 0 Å². The standard InChI is InChI=1S/C19H22Cl2N6S.HI/c1-12(16-7-6-14(20)9-17(16)21)24-19(22-10-15-5-4-8-28-15)23-11-18-26-25-13(2)27(18)3;/h4-9,12H,10-11H2,1-3H3,(H2,22,23,24);1H. The summed E-state index contributed by atoms with van der Waals surface area (Å²) in [7, 11) is 1.93. The molecule has 6 nitrogen and oxygen atoms in total. The first-order valence-electron chi connectivity index (χ1n) is 8.81. The third-order valence-corrected chi connectivity index (χ3v) is 5.79. The number of aromatic nitrogens is 3. The van der Waals surface area contributed by atoms with Crippen molar-refractivity contribution in [2.45, 2.75) is 33.0 Å². The number of halogens is 3. The Bertz CT molecular complexity index is 958. The Kier molecular flexibility index (Phi) is 9.19. The Morgan fingerprint density at radius 1 is 1.28 bits per heavy atom. The van der Waals surface area contributed by atoms with E-state index in [9.17, 15) is 0 Å². The van der Waals surface area contributed by atoms with Gasteiger partial charge in [0.05, 0.1) is 12.6 Å². The van der Waals surface area contributed by atoms with Gasteiger partial charge in [-0.15, -0.1) is 45.5 Å². The Balaban J connectivity index is 0.00000300. The van der Waals surface area contributed by atoms with Gasteiger partial charge in [0.1, 0.15) is 12.4 Å². The van der Waals surface area contributed by atoms with Crippen LogP contribution in [0.3, 0.4) is 0 Å². The molecule has 1 unspecified atom stereocenters. The minimum absolute atomic E-state index is 0. The molecule has 2 heterocycles. The van der Waals surface area contributed by atoms with E-state index in [0.717, 1.165) is 17.2 Å². The molecule has 29 heavy (non-hydrogen) atoms. The Morgan fingerprint density at radius 2 is 2.07 bits per heavy atom. The summed E-state index contributed by atoms with van der Waals surface area (Å²) in [6.45, 7) is 5.05. The van der Waals surface area contributed by atoms with Crippen molar-refractivity contribution in [2.24, 2.45) is 12.0 Å². The Labute approximate surface area is 201 Å². The maximum atomic E-state index is 6.36. The maximum absolute atomic E-state index is 6.36. The number of benzene rings is 1. The fourth-order valence-corrected chi connectivity index (χ4v) is 3.83. The van der Waals surface area contributed by atoms with Gasteiger partial charge >= 0.3 is 0 Å². The largest absolute Gasteiger partial charge is 0.351 e. The van der Waals surface area contributed by atoms with E-state index < -0.39 is 0 Å². The molecule has 0 radical (unpaired) electrons. The van der Waals surface area contributed by atoms with Crippen molar-refractivity contribution in [3.05, 3.63) is 67.8 Å². The molecule has 0 bridgehead atoms. The van der Waals surface area contributed by atoms with E-state index in [4.69, 9.17) is 23.2 Å². The van der Waals surface area contributed by atoms with Gasteiger partial charge in [-0.3, -0.25) is 0 Å². The number of nitrogens with one attached hydrogen (secondary N) is 2. The summed E-state index contributed by atoms with van der Waals surface area (Å²) >= 11 is 14.1. The number of nitrogens with zero attached hydrogens (tertiary/aromatic N) is 4. The lowest BCUT2D eigenvalue weighted by Gasteiger charge is -2.19. The predicted octanol–water partition coefficient (Wildman–Crippen LogP) is 5.11. The van der Waals surface area contributed by atoms with Crippen LogP contribution < -0.4 is 10.6 Å². The number of guanidine groups is 1. The van der Waals surface area contributed by atoms with Gasteiger partial charge in [-0.2, -0.15) is 0 Å². The van der Waals surface area contributed by atoms with Crippen molar-refractivity contribution in [1.82, 2.24) is 25.4 Å². The van der Waals surface area contributed by atoms with Gasteiger partial charge in [0, 0.05) is 22.0 Å². The molecular formula is C19H23Cl2IN6S. The van der Waals surface area contributed by atoms with E-state index in [2.05, 4.69) is 37.3 Å². The van der Waals surface area contributed by atoms with Crippen molar-refractivity contribution in [2.75, 3.05) is 0 Å². The maximum Gasteiger partial charge on any atom is 0.192 e. The van der Waals surface area contributed by atoms with Gasteiger partial charge in [0.15, 0.2) is 11.8 Å². The monoisotopic (exact) mass is 564 g/mol. The second-order valence-electron chi connectivity index (χ2n) is 6.35. The number of hydrogen-bond acceptors (Lipinski definition) is 4. The fraction of sp³-hybridized carbons (Fsp3) is 0.316. The summed E-state index contributed by atoms with van der Waals surface area (Å²) in [5.74, 6) is 2.33. The second-order valence-corrected chi connectivity index (χ2v) is 8.23. The summed E-state index contributed by atoms with van der Waals surface area (Å²) < 4.78 is 1.93. The van der Waals surface area contributed by atoms with Gasteiger partial charge in [-0.25, -0.2) is 4.99 Å². The van der Waals surface area contributed by atoms with Gasteiger partial charge < -0.3 is 15.2 Å². The highest BCUT2D eigenvalue weighted by atomic mass is 127. The Morgan fingerprint density at radius 3 is 2.69 bits per heavy atom. The highest BCUT2D eigenvalue weighted by Gasteiger charge is 2.13. The molecule has 0 aliphatic carbocycles. The van der Waals surface area contributed by atoms with Crippen LogP contribution in [0.5, 0.6) is 0 Å². The van der Waals surface area contributed by atoms with E-state index in [1.807, 2.05) is 43.7 Å². The minimum atomic E-state index is -0.0550. The van der Waals surface area contributed by atoms with Crippen molar-refractivity contribution < 1.29 is 0 Å². The quantitative estimate of drug-likeness (QED) is 0.248. The lowest BCUT2D eigenvalue weighted by Crippen LogP contribution is -2.38. The molecule has 0 amide bonds. The zero-order valence-corrected chi connectivity index (χ0v) is 21.0. The van der Waals surface area contributed by atoms with Gasteiger partial charge in [0.25, 0.3) is 0 Å². The molecule has 2 aromatic heterocycles. The first-order chi connectivity index (χ1) is 13.4. The average molecular weight is 565 g/mol. The molecule has 1 aromatic carbocycles. The first-order valence-corrected chi connectivity index (χ1v) is 10.4. The average Bonchev–Trinajstić information content (AvgIpc) is 3.28. The summed E-state index contributed by atoms with van der Waals surface area (Å²) in [6, 6.07) is 9.56. The van der Waals surface area contributed by atoms with Crippen LogP contribution in [-0.2, 0) is 20.1 Å². The van der Waals surface area contributed by atoms with Crippen LogP contribution in [0.2, 0.25) is 10.0 Å². The van der Waals surface area contributed by atoms with Crippen LogP contribution in [0.1, 0.15) is 35.1 Å². The third-order valence-electron chi connectivity index (χ3n) is 4.35. The van der Waals surface area contributed by atoms with Crippen molar-refractivity contribution in [1.29, 1.82) is 0 Å². The van der Waals surface area contributed by atoms with Crippen LogP contribution in [0.25, 0.3) is 0 Å². The van der Waals surface area contributed by atoms with Crippen molar-refractivity contribution >= 4 is 64.5 Å². The molecule has 156 valence electrons. The number of aryl methyl sites for hydroxylation is 1. The van der Waals surface area contributed by atoms with Crippen LogP contribution in [0, 0.1) is 6.92 Å². The summed E-state index contributed by atoms with van der Waals surface area (Å²) in [4.78, 5) is 5.91. The molecule has 0 spiro atoms. The van der Waals surface area contributed by atoms with Crippen LogP contribution >= 0.6 is 58.5 Å². The van der Waals surface area contributed by atoms with Crippen molar-refractivity contribution in [3.8, 4) is 0 Å². The van der Waals surface area contributed by atoms with E-state index in [-0.39, 0.29) is 30.0 Å². The first kappa shape index (κ1) is 23.9. The van der Waals surface area contributed by atoms with Gasteiger partial charge in [-0.05, 0) is 43.0 Å². The van der Waals surface area contributed by atoms with Crippen molar-refractivity contribution in [3.63, 3.8) is 0 Å². The lowest BCUT2D eigenvalue weighted by molar-refractivity contribution is 0.677. The SMILES string of the molecule is Cc1nnc(CN=C(NCc2cccs2)NC(C)c2ccc(Cl)cc2Cl)n1C.I. The molecule has 1 atom stereocenters. The molecular weight excluding hydrogens is 542 g/mol. The van der Waals surface area contributed by atoms with E-state index >= 15 is 0 Å². The summed E-state index contributed by atoms with van der Waals surface area (Å²) in [5, 5.41) is 18.3. The zero-order valence-electron chi connectivity index (χ0n) is 16.3.